The van der Waals surface area contributed by atoms with E-state index in [4.69, 9.17) is 14.6 Å². The van der Waals surface area contributed by atoms with Gasteiger partial charge in [-0.15, -0.1) is 0 Å². The van der Waals surface area contributed by atoms with E-state index >= 15 is 0 Å². The summed E-state index contributed by atoms with van der Waals surface area (Å²) in [5.41, 5.74) is 0. The van der Waals surface area contributed by atoms with Crippen molar-refractivity contribution in [2.24, 2.45) is 0 Å². The van der Waals surface area contributed by atoms with Crippen LogP contribution in [-0.2, 0) is 14.3 Å². The summed E-state index contributed by atoms with van der Waals surface area (Å²) in [5, 5.41) is 18.0. The maximum atomic E-state index is 11.5. The van der Waals surface area contributed by atoms with Crippen molar-refractivity contribution in [2.45, 2.75) is 77.2 Å². The number of aliphatic hydroxyl groups is 2. The predicted molar refractivity (Wildman–Crippen MR) is 86.7 cm³/mol. The number of unbranched alkanes of at least 4 members (excludes halogenated alkanes) is 8. The Kier molecular flexibility index (Phi) is 16.2. The van der Waals surface area contributed by atoms with Crippen LogP contribution in [-0.4, -0.2) is 48.7 Å². The van der Waals surface area contributed by atoms with E-state index in [1.54, 1.807) is 0 Å². The normalized spacial score (nSPS) is 12.3. The van der Waals surface area contributed by atoms with E-state index in [9.17, 15) is 9.90 Å². The van der Waals surface area contributed by atoms with Crippen LogP contribution in [0.3, 0.4) is 0 Å². The summed E-state index contributed by atoms with van der Waals surface area (Å²) in [6, 6.07) is 0. The lowest BCUT2D eigenvalue weighted by atomic mass is 10.1. The van der Waals surface area contributed by atoms with Crippen LogP contribution in [0, 0.1) is 0 Å². The van der Waals surface area contributed by atoms with Crippen molar-refractivity contribution in [2.75, 3.05) is 26.4 Å². The molecule has 0 saturated carbocycles. The van der Waals surface area contributed by atoms with Gasteiger partial charge in [0.1, 0.15) is 12.7 Å². The van der Waals surface area contributed by atoms with Gasteiger partial charge < -0.3 is 19.7 Å². The summed E-state index contributed by atoms with van der Waals surface area (Å²) >= 11 is 0. The molecule has 1 atom stereocenters. The Morgan fingerprint density at radius 1 is 0.955 bits per heavy atom. The fourth-order valence-corrected chi connectivity index (χ4v) is 2.17. The van der Waals surface area contributed by atoms with Crippen molar-refractivity contribution in [3.05, 3.63) is 0 Å². The van der Waals surface area contributed by atoms with Crippen molar-refractivity contribution < 1.29 is 24.5 Å². The van der Waals surface area contributed by atoms with Crippen LogP contribution < -0.4 is 0 Å². The van der Waals surface area contributed by atoms with E-state index in [1.807, 2.05) is 0 Å². The average Bonchev–Trinajstić information content (AvgIpc) is 2.51. The van der Waals surface area contributed by atoms with E-state index in [0.29, 0.717) is 6.42 Å². The van der Waals surface area contributed by atoms with Gasteiger partial charge in [0.2, 0.25) is 0 Å². The highest BCUT2D eigenvalue weighted by Gasteiger charge is 2.08. The Morgan fingerprint density at radius 3 is 2.14 bits per heavy atom. The van der Waals surface area contributed by atoms with E-state index in [1.165, 1.54) is 44.9 Å². The fourth-order valence-electron chi connectivity index (χ4n) is 2.17. The Bertz CT molecular complexity index is 245. The SMILES string of the molecule is CCCCCCCCCCCC(=O)OCC(O)COCCO. The van der Waals surface area contributed by atoms with Crippen LogP contribution >= 0.6 is 0 Å². The molecule has 5 nitrogen and oxygen atoms in total. The zero-order chi connectivity index (χ0) is 16.5. The quantitative estimate of drug-likeness (QED) is 0.338. The Hall–Kier alpha value is -0.650. The van der Waals surface area contributed by atoms with Gasteiger partial charge in [0.25, 0.3) is 0 Å². The average molecular weight is 318 g/mol. The summed E-state index contributed by atoms with van der Waals surface area (Å²) in [4.78, 5) is 11.5. The highest BCUT2D eigenvalue weighted by molar-refractivity contribution is 5.69. The Labute approximate surface area is 135 Å². The number of hydrogen-bond donors (Lipinski definition) is 2. The molecule has 1 unspecified atom stereocenters. The monoisotopic (exact) mass is 318 g/mol. The smallest absolute Gasteiger partial charge is 0.305 e. The lowest BCUT2D eigenvalue weighted by molar-refractivity contribution is -0.148. The Balaban J connectivity index is 3.28. The van der Waals surface area contributed by atoms with Gasteiger partial charge in [-0.3, -0.25) is 4.79 Å². The maximum Gasteiger partial charge on any atom is 0.305 e. The molecule has 0 aromatic rings. The molecule has 0 aliphatic rings. The molecule has 0 heterocycles. The summed E-state index contributed by atoms with van der Waals surface area (Å²) < 4.78 is 9.92. The van der Waals surface area contributed by atoms with E-state index < -0.39 is 6.10 Å². The molecular formula is C17H34O5. The van der Waals surface area contributed by atoms with Crippen LogP contribution in [0.1, 0.15) is 71.1 Å². The number of hydrogen-bond acceptors (Lipinski definition) is 5. The van der Waals surface area contributed by atoms with Crippen molar-refractivity contribution in [1.82, 2.24) is 0 Å². The first-order valence-electron chi connectivity index (χ1n) is 8.73. The van der Waals surface area contributed by atoms with Crippen LogP contribution in [0.15, 0.2) is 0 Å². The number of esters is 1. The first kappa shape index (κ1) is 21.4. The predicted octanol–water partition coefficient (Wildman–Crippen LogP) is 2.82. The highest BCUT2D eigenvalue weighted by atomic mass is 16.5. The van der Waals surface area contributed by atoms with Gasteiger partial charge in [0.05, 0.1) is 19.8 Å². The third-order valence-corrected chi connectivity index (χ3v) is 3.47. The molecular weight excluding hydrogens is 284 g/mol. The molecule has 22 heavy (non-hydrogen) atoms. The third-order valence-electron chi connectivity index (χ3n) is 3.47. The van der Waals surface area contributed by atoms with Crippen LogP contribution in [0.2, 0.25) is 0 Å². The van der Waals surface area contributed by atoms with Crippen LogP contribution in [0.5, 0.6) is 0 Å². The molecule has 0 fully saturated rings. The third kappa shape index (κ3) is 15.7. The van der Waals surface area contributed by atoms with Gasteiger partial charge >= 0.3 is 5.97 Å². The number of aliphatic hydroxyl groups excluding tert-OH is 2. The van der Waals surface area contributed by atoms with Crippen LogP contribution in [0.25, 0.3) is 0 Å². The minimum absolute atomic E-state index is 0.0400. The Morgan fingerprint density at radius 2 is 1.55 bits per heavy atom. The molecule has 132 valence electrons. The minimum atomic E-state index is -0.821. The number of carbonyl (C=O) groups is 1. The molecule has 0 aromatic heterocycles. The van der Waals surface area contributed by atoms with E-state index in [2.05, 4.69) is 6.92 Å². The maximum absolute atomic E-state index is 11.5. The summed E-state index contributed by atoms with van der Waals surface area (Å²) in [6.07, 6.45) is 10.5. The summed E-state index contributed by atoms with van der Waals surface area (Å²) in [5.74, 6) is -0.260. The topological polar surface area (TPSA) is 76.0 Å². The van der Waals surface area contributed by atoms with Gasteiger partial charge in [-0.05, 0) is 6.42 Å². The molecule has 0 aliphatic heterocycles. The first-order chi connectivity index (χ1) is 10.7. The lowest BCUT2D eigenvalue weighted by Gasteiger charge is -2.11. The van der Waals surface area contributed by atoms with Crippen molar-refractivity contribution in [1.29, 1.82) is 0 Å². The van der Waals surface area contributed by atoms with Gasteiger partial charge in [0.15, 0.2) is 0 Å². The molecule has 0 amide bonds. The van der Waals surface area contributed by atoms with Gasteiger partial charge in [-0.2, -0.15) is 0 Å². The number of carbonyl (C=O) groups excluding carboxylic acids is 1. The second kappa shape index (κ2) is 16.7. The van der Waals surface area contributed by atoms with Gasteiger partial charge in [-0.1, -0.05) is 58.3 Å². The molecule has 0 rings (SSSR count). The molecule has 2 N–H and O–H groups in total. The zero-order valence-corrected chi connectivity index (χ0v) is 14.1. The molecule has 0 aromatic carbocycles. The van der Waals surface area contributed by atoms with Crippen molar-refractivity contribution >= 4 is 5.97 Å². The van der Waals surface area contributed by atoms with Gasteiger partial charge in [-0.25, -0.2) is 0 Å². The second-order valence-electron chi connectivity index (χ2n) is 5.71. The molecule has 0 spiro atoms. The van der Waals surface area contributed by atoms with E-state index in [0.717, 1.165) is 12.8 Å². The second-order valence-corrected chi connectivity index (χ2v) is 5.71. The van der Waals surface area contributed by atoms with Crippen molar-refractivity contribution in [3.8, 4) is 0 Å². The van der Waals surface area contributed by atoms with Crippen molar-refractivity contribution in [3.63, 3.8) is 0 Å². The highest BCUT2D eigenvalue weighted by Crippen LogP contribution is 2.10. The first-order valence-corrected chi connectivity index (χ1v) is 8.73. The molecule has 5 heteroatoms. The molecule has 0 radical (unpaired) electrons. The van der Waals surface area contributed by atoms with Gasteiger partial charge in [0, 0.05) is 6.42 Å². The summed E-state index contributed by atoms with van der Waals surface area (Å²) in [6.45, 7) is 2.36. The zero-order valence-electron chi connectivity index (χ0n) is 14.1. The summed E-state index contributed by atoms with van der Waals surface area (Å²) in [7, 11) is 0. The standard InChI is InChI=1S/C17H34O5/c1-2-3-4-5-6-7-8-9-10-11-17(20)22-15-16(19)14-21-13-12-18/h16,18-19H,2-15H2,1H3. The minimum Gasteiger partial charge on any atom is -0.463 e. The number of rotatable bonds is 16. The fraction of sp³-hybridized carbons (Fsp3) is 0.941. The number of ether oxygens (including phenoxy) is 2. The molecule has 0 bridgehead atoms. The largest absolute Gasteiger partial charge is 0.463 e. The molecule has 0 aliphatic carbocycles. The van der Waals surface area contributed by atoms with Crippen LogP contribution in [0.4, 0.5) is 0 Å². The lowest BCUT2D eigenvalue weighted by Crippen LogP contribution is -2.24. The van der Waals surface area contributed by atoms with E-state index in [-0.39, 0.29) is 32.4 Å². The molecule has 0 saturated heterocycles.